The fraction of sp³-hybridized carbons (Fsp3) is 0. The molecule has 0 aliphatic carbocycles. The lowest BCUT2D eigenvalue weighted by Gasteiger charge is -1.99. The van der Waals surface area contributed by atoms with Gasteiger partial charge in [-0.25, -0.2) is 0 Å². The number of nitrogens with zero attached hydrogens (tertiary/aromatic N) is 1. The number of hydrogen-bond acceptors (Lipinski definition) is 3. The Labute approximate surface area is 68.4 Å². The van der Waals surface area contributed by atoms with E-state index in [4.69, 9.17) is 11.5 Å². The molecule has 1 heterocycles. The smallest absolute Gasteiger partial charge is 0.251 e. The van der Waals surface area contributed by atoms with Crippen molar-refractivity contribution in [2.75, 3.05) is 0 Å². The van der Waals surface area contributed by atoms with E-state index in [1.807, 2.05) is 0 Å². The van der Waals surface area contributed by atoms with Crippen LogP contribution in [0, 0.1) is 0 Å². The van der Waals surface area contributed by atoms with Crippen LogP contribution in [-0.4, -0.2) is 16.8 Å². The van der Waals surface area contributed by atoms with E-state index in [0.717, 1.165) is 0 Å². The number of primary amides is 2. The monoisotopic (exact) mass is 165 g/mol. The van der Waals surface area contributed by atoms with Crippen molar-refractivity contribution >= 4 is 11.8 Å². The van der Waals surface area contributed by atoms with Crippen LogP contribution in [0.25, 0.3) is 0 Å². The van der Waals surface area contributed by atoms with Crippen molar-refractivity contribution in [1.29, 1.82) is 0 Å². The summed E-state index contributed by atoms with van der Waals surface area (Å²) in [5.74, 6) is -1.40. The van der Waals surface area contributed by atoms with Crippen LogP contribution in [0.1, 0.15) is 20.7 Å². The molecule has 4 N–H and O–H groups in total. The minimum atomic E-state index is -0.711. The van der Waals surface area contributed by atoms with Crippen LogP contribution in [0.5, 0.6) is 0 Å². The van der Waals surface area contributed by atoms with Crippen LogP contribution in [0.15, 0.2) is 18.5 Å². The third kappa shape index (κ3) is 1.39. The molecule has 0 radical (unpaired) electrons. The van der Waals surface area contributed by atoms with E-state index >= 15 is 0 Å². The van der Waals surface area contributed by atoms with Crippen molar-refractivity contribution < 1.29 is 9.59 Å². The highest BCUT2D eigenvalue weighted by molar-refractivity contribution is 6.05. The average Bonchev–Trinajstić information content (AvgIpc) is 2.04. The van der Waals surface area contributed by atoms with Gasteiger partial charge in [-0.3, -0.25) is 14.6 Å². The molecule has 0 aromatic carbocycles. The zero-order chi connectivity index (χ0) is 9.14. The van der Waals surface area contributed by atoms with Crippen molar-refractivity contribution in [2.24, 2.45) is 11.5 Å². The highest BCUT2D eigenvalue weighted by Crippen LogP contribution is 2.04. The molecule has 0 aliphatic heterocycles. The van der Waals surface area contributed by atoms with Gasteiger partial charge in [-0.2, -0.15) is 0 Å². The number of hydrogen-bond donors (Lipinski definition) is 2. The molecule has 0 bridgehead atoms. The van der Waals surface area contributed by atoms with E-state index in [0.29, 0.717) is 0 Å². The van der Waals surface area contributed by atoms with E-state index in [1.165, 1.54) is 18.5 Å². The topological polar surface area (TPSA) is 99.1 Å². The first-order valence-electron chi connectivity index (χ1n) is 3.16. The van der Waals surface area contributed by atoms with E-state index in [1.54, 1.807) is 0 Å². The molecule has 2 amide bonds. The van der Waals surface area contributed by atoms with Crippen LogP contribution in [0.3, 0.4) is 0 Å². The molecule has 1 aromatic heterocycles. The Morgan fingerprint density at radius 2 is 1.75 bits per heavy atom. The van der Waals surface area contributed by atoms with E-state index in [-0.39, 0.29) is 11.1 Å². The lowest BCUT2D eigenvalue weighted by molar-refractivity contribution is 0.0967. The first-order valence-corrected chi connectivity index (χ1v) is 3.16. The number of carbonyl (C=O) groups excluding carboxylic acids is 2. The second-order valence-corrected chi connectivity index (χ2v) is 2.15. The van der Waals surface area contributed by atoms with Gasteiger partial charge < -0.3 is 11.5 Å². The Kier molecular flexibility index (Phi) is 2.05. The number of aromatic nitrogens is 1. The third-order valence-electron chi connectivity index (χ3n) is 1.35. The molecule has 0 atom stereocenters. The normalized spacial score (nSPS) is 9.33. The molecule has 0 aliphatic rings. The van der Waals surface area contributed by atoms with Gasteiger partial charge >= 0.3 is 0 Å². The predicted molar refractivity (Wildman–Crippen MR) is 41.3 cm³/mol. The molecule has 5 heteroatoms. The minimum absolute atomic E-state index is 0.0463. The zero-order valence-corrected chi connectivity index (χ0v) is 6.15. The maximum Gasteiger partial charge on any atom is 0.251 e. The fourth-order valence-electron chi connectivity index (χ4n) is 0.806. The van der Waals surface area contributed by atoms with Crippen molar-refractivity contribution in [1.82, 2.24) is 4.98 Å². The largest absolute Gasteiger partial charge is 0.366 e. The van der Waals surface area contributed by atoms with Gasteiger partial charge in [0.1, 0.15) is 0 Å². The lowest BCUT2D eigenvalue weighted by atomic mass is 10.1. The van der Waals surface area contributed by atoms with Gasteiger partial charge in [0.05, 0.1) is 11.1 Å². The van der Waals surface area contributed by atoms with Crippen LogP contribution in [0.4, 0.5) is 0 Å². The molecule has 0 saturated heterocycles. The molecule has 1 rings (SSSR count). The highest BCUT2D eigenvalue weighted by Gasteiger charge is 2.11. The molecular formula is C7H7N3O2. The SMILES string of the molecule is NC(=O)c1ccncc1C(N)=O. The number of nitrogens with two attached hydrogens (primary N) is 2. The van der Waals surface area contributed by atoms with Gasteiger partial charge in [-0.15, -0.1) is 0 Å². The summed E-state index contributed by atoms with van der Waals surface area (Å²) in [6.45, 7) is 0. The Morgan fingerprint density at radius 3 is 2.17 bits per heavy atom. The number of pyridine rings is 1. The summed E-state index contributed by atoms with van der Waals surface area (Å²) >= 11 is 0. The number of carbonyl (C=O) groups is 2. The van der Waals surface area contributed by atoms with Gasteiger partial charge in [0, 0.05) is 12.4 Å². The second kappa shape index (κ2) is 3.00. The summed E-state index contributed by atoms with van der Waals surface area (Å²) in [6.07, 6.45) is 2.58. The summed E-state index contributed by atoms with van der Waals surface area (Å²) in [6, 6.07) is 1.35. The van der Waals surface area contributed by atoms with Gasteiger partial charge in [-0.1, -0.05) is 0 Å². The summed E-state index contributed by atoms with van der Waals surface area (Å²) in [5.41, 5.74) is 10.1. The van der Waals surface area contributed by atoms with Gasteiger partial charge in [-0.05, 0) is 6.07 Å². The van der Waals surface area contributed by atoms with E-state index < -0.39 is 11.8 Å². The molecule has 12 heavy (non-hydrogen) atoms. The summed E-state index contributed by atoms with van der Waals surface area (Å²) in [5, 5.41) is 0. The molecule has 1 aromatic rings. The third-order valence-corrected chi connectivity index (χ3v) is 1.35. The van der Waals surface area contributed by atoms with Crippen LogP contribution in [-0.2, 0) is 0 Å². The first-order chi connectivity index (χ1) is 5.63. The van der Waals surface area contributed by atoms with Crippen molar-refractivity contribution in [3.63, 3.8) is 0 Å². The Hall–Kier alpha value is -1.91. The molecule has 0 saturated carbocycles. The Morgan fingerprint density at radius 1 is 1.17 bits per heavy atom. The molecular weight excluding hydrogens is 158 g/mol. The summed E-state index contributed by atoms with van der Waals surface area (Å²) in [4.78, 5) is 25.1. The van der Waals surface area contributed by atoms with Crippen molar-refractivity contribution in [2.45, 2.75) is 0 Å². The van der Waals surface area contributed by atoms with E-state index in [9.17, 15) is 9.59 Å². The van der Waals surface area contributed by atoms with Crippen LogP contribution in [0.2, 0.25) is 0 Å². The standard InChI is InChI=1S/C7H7N3O2/c8-6(11)4-1-2-10-3-5(4)7(9)12/h1-3H,(H2,8,11)(H2,9,12). The molecule has 62 valence electrons. The first kappa shape index (κ1) is 8.19. The number of rotatable bonds is 2. The zero-order valence-electron chi connectivity index (χ0n) is 6.15. The Balaban J connectivity index is 3.27. The van der Waals surface area contributed by atoms with Gasteiger partial charge in [0.25, 0.3) is 5.91 Å². The van der Waals surface area contributed by atoms with Crippen LogP contribution < -0.4 is 11.5 Å². The highest BCUT2D eigenvalue weighted by atomic mass is 16.2. The molecule has 0 unspecified atom stereocenters. The van der Waals surface area contributed by atoms with Crippen LogP contribution >= 0.6 is 0 Å². The van der Waals surface area contributed by atoms with Gasteiger partial charge in [0.15, 0.2) is 0 Å². The molecule has 0 spiro atoms. The maximum atomic E-state index is 10.7. The maximum absolute atomic E-state index is 10.7. The number of amides is 2. The second-order valence-electron chi connectivity index (χ2n) is 2.15. The quantitative estimate of drug-likeness (QED) is 0.604. The molecule has 0 fully saturated rings. The summed E-state index contributed by atoms with van der Waals surface area (Å²) < 4.78 is 0. The van der Waals surface area contributed by atoms with E-state index in [2.05, 4.69) is 4.98 Å². The fourth-order valence-corrected chi connectivity index (χ4v) is 0.806. The predicted octanol–water partition coefficient (Wildman–Crippen LogP) is -0.721. The molecule has 5 nitrogen and oxygen atoms in total. The van der Waals surface area contributed by atoms with Gasteiger partial charge in [0.2, 0.25) is 5.91 Å². The Bertz CT molecular complexity index is 302. The van der Waals surface area contributed by atoms with Crippen molar-refractivity contribution in [3.8, 4) is 0 Å². The average molecular weight is 165 g/mol. The van der Waals surface area contributed by atoms with Crippen molar-refractivity contribution in [3.05, 3.63) is 29.6 Å². The minimum Gasteiger partial charge on any atom is -0.366 e. The summed E-state index contributed by atoms with van der Waals surface area (Å²) in [7, 11) is 0. The lowest BCUT2D eigenvalue weighted by Crippen LogP contribution is -2.20.